The third-order valence-electron chi connectivity index (χ3n) is 5.29. The van der Waals surface area contributed by atoms with Gasteiger partial charge < -0.3 is 10.4 Å². The summed E-state index contributed by atoms with van der Waals surface area (Å²) in [7, 11) is 0. The summed E-state index contributed by atoms with van der Waals surface area (Å²) >= 11 is 0. The molecular formula is C19H17F6N5O. The van der Waals surface area contributed by atoms with Crippen LogP contribution in [-0.2, 0) is 12.4 Å². The summed E-state index contributed by atoms with van der Waals surface area (Å²) in [6.45, 7) is 0. The van der Waals surface area contributed by atoms with Crippen molar-refractivity contribution in [2.24, 2.45) is 0 Å². The van der Waals surface area contributed by atoms with Crippen molar-refractivity contribution in [3.05, 3.63) is 41.9 Å². The predicted octanol–water partition coefficient (Wildman–Crippen LogP) is 4.54. The number of aliphatic hydroxyl groups is 1. The minimum Gasteiger partial charge on any atom is -0.393 e. The molecule has 0 amide bonds. The van der Waals surface area contributed by atoms with Gasteiger partial charge in [-0.15, -0.1) is 10.2 Å². The lowest BCUT2D eigenvalue weighted by molar-refractivity contribution is -0.142. The van der Waals surface area contributed by atoms with Gasteiger partial charge in [0.25, 0.3) is 0 Å². The molecule has 12 heteroatoms. The molecular weight excluding hydrogens is 428 g/mol. The molecule has 1 saturated carbocycles. The number of imidazole rings is 1. The number of aromatic nitrogens is 4. The van der Waals surface area contributed by atoms with Crippen molar-refractivity contribution < 1.29 is 31.4 Å². The fourth-order valence-electron chi connectivity index (χ4n) is 3.69. The largest absolute Gasteiger partial charge is 0.417 e. The number of nitrogens with one attached hydrogen (secondary N) is 1. The summed E-state index contributed by atoms with van der Waals surface area (Å²) in [4.78, 5) is 3.94. The van der Waals surface area contributed by atoms with Crippen LogP contribution in [0, 0.1) is 0 Å². The fourth-order valence-corrected chi connectivity index (χ4v) is 3.69. The second kappa shape index (κ2) is 7.66. The average Bonchev–Trinajstić information content (AvgIpc) is 3.18. The molecule has 2 heterocycles. The van der Waals surface area contributed by atoms with E-state index in [1.165, 1.54) is 16.9 Å². The highest BCUT2D eigenvalue weighted by atomic mass is 19.4. The van der Waals surface area contributed by atoms with Crippen molar-refractivity contribution in [2.45, 2.75) is 50.2 Å². The molecule has 1 aliphatic carbocycles. The minimum atomic E-state index is -5.03. The number of anilines is 1. The third kappa shape index (κ3) is 4.29. The zero-order valence-electron chi connectivity index (χ0n) is 15.9. The van der Waals surface area contributed by atoms with Gasteiger partial charge in [-0.05, 0) is 37.8 Å². The van der Waals surface area contributed by atoms with Gasteiger partial charge >= 0.3 is 12.4 Å². The lowest BCUT2D eigenvalue weighted by Gasteiger charge is -2.26. The number of benzene rings is 1. The van der Waals surface area contributed by atoms with Crippen LogP contribution in [0.3, 0.4) is 0 Å². The standard InChI is InChI=1S/C19H17F6N5O/c20-18(21,22)10-1-6-13(14(7-10)19(23,24)25)16-15-8-26-9-30(15)17(29-28-16)27-11-2-4-12(31)5-3-11/h1,6-9,11-12,31H,2-5H2,(H,27,29). The maximum atomic E-state index is 13.6. The van der Waals surface area contributed by atoms with Crippen LogP contribution in [0.1, 0.15) is 36.8 Å². The first-order valence-corrected chi connectivity index (χ1v) is 9.46. The van der Waals surface area contributed by atoms with Crippen LogP contribution >= 0.6 is 0 Å². The molecule has 1 aliphatic rings. The Morgan fingerprint density at radius 2 is 1.68 bits per heavy atom. The Bertz CT molecular complexity index is 1090. The zero-order chi connectivity index (χ0) is 22.4. The van der Waals surface area contributed by atoms with E-state index in [1.54, 1.807) is 0 Å². The molecule has 3 aromatic rings. The molecule has 1 aromatic carbocycles. The summed E-state index contributed by atoms with van der Waals surface area (Å²) < 4.78 is 81.0. The van der Waals surface area contributed by atoms with Crippen molar-refractivity contribution in [3.8, 4) is 11.3 Å². The molecule has 0 aliphatic heterocycles. The lowest BCUT2D eigenvalue weighted by Crippen LogP contribution is -2.29. The highest BCUT2D eigenvalue weighted by Crippen LogP contribution is 2.41. The van der Waals surface area contributed by atoms with E-state index < -0.39 is 29.0 Å². The first kappa shape index (κ1) is 21.3. The van der Waals surface area contributed by atoms with Crippen LogP contribution in [0.2, 0.25) is 0 Å². The molecule has 0 bridgehead atoms. The number of hydrogen-bond donors (Lipinski definition) is 2. The van der Waals surface area contributed by atoms with Gasteiger partial charge in [-0.2, -0.15) is 26.3 Å². The molecule has 2 N–H and O–H groups in total. The zero-order valence-corrected chi connectivity index (χ0v) is 15.9. The molecule has 0 spiro atoms. The highest BCUT2D eigenvalue weighted by Gasteiger charge is 2.39. The van der Waals surface area contributed by atoms with Gasteiger partial charge in [-0.1, -0.05) is 6.07 Å². The van der Waals surface area contributed by atoms with Crippen LogP contribution in [0.4, 0.5) is 32.3 Å². The smallest absolute Gasteiger partial charge is 0.393 e. The van der Waals surface area contributed by atoms with Gasteiger partial charge in [0.15, 0.2) is 0 Å². The monoisotopic (exact) mass is 445 g/mol. The van der Waals surface area contributed by atoms with Gasteiger partial charge in [0.05, 0.1) is 28.9 Å². The van der Waals surface area contributed by atoms with E-state index in [0.29, 0.717) is 31.7 Å². The average molecular weight is 445 g/mol. The lowest BCUT2D eigenvalue weighted by atomic mass is 9.93. The van der Waals surface area contributed by atoms with Crippen molar-refractivity contribution in [1.29, 1.82) is 0 Å². The molecule has 166 valence electrons. The summed E-state index contributed by atoms with van der Waals surface area (Å²) in [5.41, 5.74) is -3.45. The van der Waals surface area contributed by atoms with Gasteiger partial charge in [-0.25, -0.2) is 4.98 Å². The van der Waals surface area contributed by atoms with E-state index in [9.17, 15) is 31.4 Å². The molecule has 0 unspecified atom stereocenters. The number of fused-ring (bicyclic) bond motifs is 1. The predicted molar refractivity (Wildman–Crippen MR) is 98.1 cm³/mol. The Labute approximate surface area is 171 Å². The number of hydrogen-bond acceptors (Lipinski definition) is 5. The Hall–Kier alpha value is -2.89. The maximum absolute atomic E-state index is 13.6. The van der Waals surface area contributed by atoms with Crippen LogP contribution < -0.4 is 5.32 Å². The number of nitrogens with zero attached hydrogens (tertiary/aromatic N) is 4. The first-order valence-electron chi connectivity index (χ1n) is 9.46. The normalized spacial score (nSPS) is 20.2. The molecule has 0 atom stereocenters. The van der Waals surface area contributed by atoms with Gasteiger partial charge in [0.1, 0.15) is 12.0 Å². The maximum Gasteiger partial charge on any atom is 0.417 e. The second-order valence-corrected chi connectivity index (χ2v) is 7.43. The van der Waals surface area contributed by atoms with E-state index in [0.717, 1.165) is 6.07 Å². The fraction of sp³-hybridized carbons (Fsp3) is 0.421. The second-order valence-electron chi connectivity index (χ2n) is 7.43. The summed E-state index contributed by atoms with van der Waals surface area (Å²) in [5.74, 6) is 0.248. The molecule has 0 saturated heterocycles. The Kier molecular flexibility index (Phi) is 5.28. The quantitative estimate of drug-likeness (QED) is 0.579. The minimum absolute atomic E-state index is 0.00837. The number of aliphatic hydroxyl groups excluding tert-OH is 1. The van der Waals surface area contributed by atoms with Crippen molar-refractivity contribution in [3.63, 3.8) is 0 Å². The van der Waals surface area contributed by atoms with Crippen LogP contribution in [-0.4, -0.2) is 36.8 Å². The van der Waals surface area contributed by atoms with Crippen molar-refractivity contribution >= 4 is 11.5 Å². The number of alkyl halides is 6. The number of rotatable bonds is 3. The summed E-state index contributed by atoms with van der Waals surface area (Å²) in [6.07, 6.45) is -5.13. The Balaban J connectivity index is 1.77. The van der Waals surface area contributed by atoms with E-state index in [1.807, 2.05) is 0 Å². The number of halogens is 6. The summed E-state index contributed by atoms with van der Waals surface area (Å²) in [5, 5.41) is 20.6. The highest BCUT2D eigenvalue weighted by molar-refractivity contribution is 5.79. The van der Waals surface area contributed by atoms with Crippen molar-refractivity contribution in [1.82, 2.24) is 19.6 Å². The van der Waals surface area contributed by atoms with Gasteiger partial charge in [0, 0.05) is 11.6 Å². The molecule has 6 nitrogen and oxygen atoms in total. The van der Waals surface area contributed by atoms with E-state index >= 15 is 0 Å². The molecule has 2 aromatic heterocycles. The molecule has 0 radical (unpaired) electrons. The first-order chi connectivity index (χ1) is 14.5. The Morgan fingerprint density at radius 3 is 2.32 bits per heavy atom. The van der Waals surface area contributed by atoms with E-state index in [-0.39, 0.29) is 35.4 Å². The van der Waals surface area contributed by atoms with Crippen LogP contribution in [0.15, 0.2) is 30.7 Å². The SMILES string of the molecule is OC1CCC(Nc2nnc(-c3ccc(C(F)(F)F)cc3C(F)(F)F)c3cncn23)CC1. The third-order valence-corrected chi connectivity index (χ3v) is 5.29. The Morgan fingerprint density at radius 1 is 0.968 bits per heavy atom. The topological polar surface area (TPSA) is 75.3 Å². The van der Waals surface area contributed by atoms with E-state index in [4.69, 9.17) is 0 Å². The van der Waals surface area contributed by atoms with Crippen LogP contribution in [0.5, 0.6) is 0 Å². The molecule has 31 heavy (non-hydrogen) atoms. The summed E-state index contributed by atoms with van der Waals surface area (Å²) in [6, 6.07) is 1.39. The molecule has 4 rings (SSSR count). The van der Waals surface area contributed by atoms with Crippen molar-refractivity contribution in [2.75, 3.05) is 5.32 Å². The molecule has 1 fully saturated rings. The van der Waals surface area contributed by atoms with Gasteiger partial charge in [-0.3, -0.25) is 4.40 Å². The van der Waals surface area contributed by atoms with E-state index in [2.05, 4.69) is 20.5 Å². The van der Waals surface area contributed by atoms with Gasteiger partial charge in [0.2, 0.25) is 5.95 Å². The van der Waals surface area contributed by atoms with Crippen LogP contribution in [0.25, 0.3) is 16.8 Å².